The molecule has 0 radical (unpaired) electrons. The lowest BCUT2D eigenvalue weighted by Crippen LogP contribution is -2.22. The van der Waals surface area contributed by atoms with Crippen LogP contribution in [0.15, 0.2) is 18.2 Å². The average Bonchev–Trinajstić information content (AvgIpc) is 2.01. The number of benzene rings is 1. The van der Waals surface area contributed by atoms with Crippen molar-refractivity contribution in [1.29, 1.82) is 0 Å². The van der Waals surface area contributed by atoms with Gasteiger partial charge in [-0.2, -0.15) is 13.2 Å². The van der Waals surface area contributed by atoms with E-state index in [1.54, 1.807) is 6.92 Å². The molecule has 0 saturated carbocycles. The van der Waals surface area contributed by atoms with Gasteiger partial charge in [0.15, 0.2) is 0 Å². The van der Waals surface area contributed by atoms with E-state index in [1.165, 1.54) is 6.07 Å². The zero-order valence-corrected chi connectivity index (χ0v) is 7.22. The Balaban J connectivity index is 3.15. The van der Waals surface area contributed by atoms with Gasteiger partial charge in [0.1, 0.15) is 5.75 Å². The van der Waals surface area contributed by atoms with Gasteiger partial charge in [0.05, 0.1) is 5.56 Å². The predicted octanol–water partition coefficient (Wildman–Crippen LogP) is 2.45. The van der Waals surface area contributed by atoms with Crippen LogP contribution in [0.2, 0.25) is 0 Å². The molecule has 0 unspecified atom stereocenters. The van der Waals surface area contributed by atoms with Gasteiger partial charge in [-0.15, -0.1) is 0 Å². The molecule has 0 fully saturated rings. The van der Waals surface area contributed by atoms with Crippen molar-refractivity contribution in [3.8, 4) is 5.75 Å². The molecule has 5 heteroatoms. The summed E-state index contributed by atoms with van der Waals surface area (Å²) in [6.07, 6.45) is -4.95. The van der Waals surface area contributed by atoms with Gasteiger partial charge in [0.2, 0.25) is 0 Å². The minimum Gasteiger partial charge on any atom is -0.507 e. The third-order valence-corrected chi connectivity index (χ3v) is 1.66. The van der Waals surface area contributed by atoms with Gasteiger partial charge in [-0.1, -0.05) is 6.07 Å². The number of hydrogen-bond donors (Lipinski definition) is 1. The van der Waals surface area contributed by atoms with Crippen LogP contribution in [0.1, 0.15) is 15.9 Å². The van der Waals surface area contributed by atoms with Crippen LogP contribution in [0.4, 0.5) is 13.2 Å². The highest BCUT2D eigenvalue weighted by molar-refractivity contribution is 6.02. The topological polar surface area (TPSA) is 37.3 Å². The quantitative estimate of drug-likeness (QED) is 0.713. The zero-order chi connectivity index (χ0) is 10.9. The molecule has 0 aliphatic rings. The molecule has 1 rings (SSSR count). The first-order valence-electron chi connectivity index (χ1n) is 3.73. The van der Waals surface area contributed by atoms with Crippen molar-refractivity contribution in [1.82, 2.24) is 0 Å². The van der Waals surface area contributed by atoms with Crippen LogP contribution in [0.5, 0.6) is 5.75 Å². The van der Waals surface area contributed by atoms with Crippen LogP contribution in [-0.4, -0.2) is 17.1 Å². The number of phenols is 1. The minimum atomic E-state index is -4.95. The predicted molar refractivity (Wildman–Crippen MR) is 43.2 cm³/mol. The highest BCUT2D eigenvalue weighted by Crippen LogP contribution is 2.27. The summed E-state index contributed by atoms with van der Waals surface area (Å²) in [5, 5.41) is 9.10. The highest BCUT2D eigenvalue weighted by atomic mass is 19.4. The van der Waals surface area contributed by atoms with E-state index in [0.29, 0.717) is 5.56 Å². The fraction of sp³-hybridized carbons (Fsp3) is 0.222. The number of carbonyl (C=O) groups is 1. The molecule has 1 N–H and O–H groups in total. The van der Waals surface area contributed by atoms with Crippen LogP contribution in [0.3, 0.4) is 0 Å². The van der Waals surface area contributed by atoms with Gasteiger partial charge in [-0.25, -0.2) is 0 Å². The number of Topliss-reactive ketones (excluding diaryl/α,β-unsaturated/α-hetero) is 1. The molecule has 76 valence electrons. The smallest absolute Gasteiger partial charge is 0.455 e. The summed E-state index contributed by atoms with van der Waals surface area (Å²) in [7, 11) is 0. The fourth-order valence-electron chi connectivity index (χ4n) is 0.986. The van der Waals surface area contributed by atoms with E-state index in [-0.39, 0.29) is 0 Å². The number of phenolic OH excluding ortho intramolecular Hbond substituents is 1. The number of carbonyl (C=O) groups excluding carboxylic acids is 1. The van der Waals surface area contributed by atoms with E-state index in [9.17, 15) is 18.0 Å². The maximum atomic E-state index is 12.0. The lowest BCUT2D eigenvalue weighted by Gasteiger charge is -2.07. The van der Waals surface area contributed by atoms with Crippen molar-refractivity contribution < 1.29 is 23.1 Å². The Kier molecular flexibility index (Phi) is 2.51. The highest BCUT2D eigenvalue weighted by Gasteiger charge is 2.40. The second-order valence-corrected chi connectivity index (χ2v) is 2.85. The third-order valence-electron chi connectivity index (χ3n) is 1.66. The number of aromatic hydroxyl groups is 1. The number of halogens is 3. The van der Waals surface area contributed by atoms with Crippen molar-refractivity contribution in [3.63, 3.8) is 0 Å². The molecule has 2 nitrogen and oxygen atoms in total. The summed E-state index contributed by atoms with van der Waals surface area (Å²) in [4.78, 5) is 10.7. The van der Waals surface area contributed by atoms with Gasteiger partial charge >= 0.3 is 6.18 Å². The summed E-state index contributed by atoms with van der Waals surface area (Å²) in [5.41, 5.74) is -0.135. The number of ketones is 1. The Bertz CT molecular complexity index is 369. The number of rotatable bonds is 1. The average molecular weight is 204 g/mol. The number of hydrogen-bond acceptors (Lipinski definition) is 2. The van der Waals surface area contributed by atoms with Crippen molar-refractivity contribution in [2.75, 3.05) is 0 Å². The molecule has 14 heavy (non-hydrogen) atoms. The molecule has 0 amide bonds. The molecule has 0 spiro atoms. The van der Waals surface area contributed by atoms with E-state index in [2.05, 4.69) is 0 Å². The normalized spacial score (nSPS) is 11.4. The first-order chi connectivity index (χ1) is 6.32. The van der Waals surface area contributed by atoms with Crippen molar-refractivity contribution in [3.05, 3.63) is 29.3 Å². The second-order valence-electron chi connectivity index (χ2n) is 2.85. The van der Waals surface area contributed by atoms with Crippen LogP contribution in [-0.2, 0) is 0 Å². The van der Waals surface area contributed by atoms with E-state index < -0.39 is 23.3 Å². The maximum Gasteiger partial charge on any atom is 0.455 e. The summed E-state index contributed by atoms with van der Waals surface area (Å²) >= 11 is 0. The molecule has 0 aliphatic heterocycles. The Morgan fingerprint density at radius 3 is 2.36 bits per heavy atom. The molecule has 0 aromatic heterocycles. The van der Waals surface area contributed by atoms with Gasteiger partial charge in [-0.05, 0) is 24.6 Å². The van der Waals surface area contributed by atoms with Crippen molar-refractivity contribution in [2.45, 2.75) is 13.1 Å². The maximum absolute atomic E-state index is 12.0. The first-order valence-corrected chi connectivity index (χ1v) is 3.73. The van der Waals surface area contributed by atoms with Gasteiger partial charge < -0.3 is 5.11 Å². The van der Waals surface area contributed by atoms with Gasteiger partial charge in [0.25, 0.3) is 5.78 Å². The molecule has 0 bridgehead atoms. The second kappa shape index (κ2) is 3.32. The van der Waals surface area contributed by atoms with Crippen LogP contribution in [0.25, 0.3) is 0 Å². The monoisotopic (exact) mass is 204 g/mol. The van der Waals surface area contributed by atoms with E-state index in [0.717, 1.165) is 12.1 Å². The van der Waals surface area contributed by atoms with Crippen LogP contribution >= 0.6 is 0 Å². The summed E-state index contributed by atoms with van der Waals surface area (Å²) in [5.74, 6) is -2.68. The lowest BCUT2D eigenvalue weighted by molar-refractivity contribution is -0.0886. The fourth-order valence-corrected chi connectivity index (χ4v) is 0.986. The van der Waals surface area contributed by atoms with Crippen LogP contribution < -0.4 is 0 Å². The molecular formula is C9H7F3O2. The summed E-state index contributed by atoms with van der Waals surface area (Å²) in [6.45, 7) is 1.60. The molecule has 1 aromatic carbocycles. The Labute approximate surface area is 78.0 Å². The van der Waals surface area contributed by atoms with E-state index >= 15 is 0 Å². The first kappa shape index (κ1) is 10.6. The number of alkyl halides is 3. The van der Waals surface area contributed by atoms with Crippen molar-refractivity contribution in [2.24, 2.45) is 0 Å². The molecule has 0 heterocycles. The summed E-state index contributed by atoms with van der Waals surface area (Å²) in [6, 6.07) is 3.40. The molecule has 0 atom stereocenters. The van der Waals surface area contributed by atoms with Gasteiger partial charge in [-0.3, -0.25) is 4.79 Å². The zero-order valence-electron chi connectivity index (χ0n) is 7.22. The SMILES string of the molecule is Cc1ccc(C(=O)C(F)(F)F)c(O)c1. The molecule has 0 saturated heterocycles. The molecule has 1 aromatic rings. The molecule has 0 aliphatic carbocycles. The minimum absolute atomic E-state index is 0.584. The van der Waals surface area contributed by atoms with Gasteiger partial charge in [0, 0.05) is 0 Å². The van der Waals surface area contributed by atoms with E-state index in [1.807, 2.05) is 0 Å². The standard InChI is InChI=1S/C9H7F3O2/c1-5-2-3-6(7(13)4-5)8(14)9(10,11)12/h2-4,13H,1H3. The lowest BCUT2D eigenvalue weighted by atomic mass is 10.1. The van der Waals surface area contributed by atoms with Crippen molar-refractivity contribution >= 4 is 5.78 Å². The Hall–Kier alpha value is -1.52. The van der Waals surface area contributed by atoms with E-state index in [4.69, 9.17) is 5.11 Å². The Morgan fingerprint density at radius 2 is 1.93 bits per heavy atom. The Morgan fingerprint density at radius 1 is 1.36 bits per heavy atom. The molecular weight excluding hydrogens is 197 g/mol. The van der Waals surface area contributed by atoms with Crippen LogP contribution in [0, 0.1) is 6.92 Å². The third kappa shape index (κ3) is 2.04. The number of aryl methyl sites for hydroxylation is 1. The largest absolute Gasteiger partial charge is 0.507 e. The summed E-state index contributed by atoms with van der Waals surface area (Å²) < 4.78 is 35.9.